The molecule has 1 saturated carbocycles. The van der Waals surface area contributed by atoms with Crippen LogP contribution in [-0.2, 0) is 14.4 Å². The number of carbonyl (C=O) groups is 3. The molecule has 0 spiro atoms. The highest BCUT2D eigenvalue weighted by Crippen LogP contribution is 2.21. The van der Waals surface area contributed by atoms with Crippen LogP contribution in [0.25, 0.3) is 0 Å². The monoisotopic (exact) mass is 196 g/mol. The molecule has 3 heteroatoms. The van der Waals surface area contributed by atoms with Crippen molar-refractivity contribution in [2.75, 3.05) is 0 Å². The van der Waals surface area contributed by atoms with Gasteiger partial charge in [-0.2, -0.15) is 0 Å². The molecule has 0 amide bonds. The van der Waals surface area contributed by atoms with E-state index in [1.54, 1.807) is 6.92 Å². The lowest BCUT2D eigenvalue weighted by molar-refractivity contribution is -0.135. The predicted octanol–water partition coefficient (Wildman–Crippen LogP) is 1.68. The summed E-state index contributed by atoms with van der Waals surface area (Å²) in [6, 6.07) is 0. The SMILES string of the molecule is CCC(=O)CCC1C(=O)CCCC1=O. The Morgan fingerprint density at radius 3 is 2.36 bits per heavy atom. The zero-order valence-electron chi connectivity index (χ0n) is 8.54. The van der Waals surface area contributed by atoms with Gasteiger partial charge in [-0.1, -0.05) is 6.92 Å². The fourth-order valence-electron chi connectivity index (χ4n) is 1.77. The van der Waals surface area contributed by atoms with Crippen LogP contribution in [0.15, 0.2) is 0 Å². The first-order valence-electron chi connectivity index (χ1n) is 5.22. The summed E-state index contributed by atoms with van der Waals surface area (Å²) in [7, 11) is 0. The van der Waals surface area contributed by atoms with E-state index in [1.807, 2.05) is 0 Å². The van der Waals surface area contributed by atoms with E-state index in [9.17, 15) is 14.4 Å². The summed E-state index contributed by atoms with van der Waals surface area (Å²) in [6.07, 6.45) is 3.02. The molecule has 1 aliphatic rings. The smallest absolute Gasteiger partial charge is 0.143 e. The third kappa shape index (κ3) is 2.76. The van der Waals surface area contributed by atoms with Crippen molar-refractivity contribution in [3.63, 3.8) is 0 Å². The Bertz CT molecular complexity index is 239. The summed E-state index contributed by atoms with van der Waals surface area (Å²) in [5.74, 6) is -0.272. The van der Waals surface area contributed by atoms with E-state index in [4.69, 9.17) is 0 Å². The maximum Gasteiger partial charge on any atom is 0.143 e. The van der Waals surface area contributed by atoms with E-state index in [0.29, 0.717) is 38.5 Å². The normalized spacial score (nSPS) is 18.6. The quantitative estimate of drug-likeness (QED) is 0.643. The summed E-state index contributed by atoms with van der Waals surface area (Å²) in [6.45, 7) is 1.80. The van der Waals surface area contributed by atoms with Gasteiger partial charge in [0.25, 0.3) is 0 Å². The topological polar surface area (TPSA) is 51.2 Å². The van der Waals surface area contributed by atoms with Crippen molar-refractivity contribution in [2.24, 2.45) is 5.92 Å². The molecule has 1 rings (SSSR count). The largest absolute Gasteiger partial charge is 0.300 e. The van der Waals surface area contributed by atoms with Gasteiger partial charge in [0.15, 0.2) is 0 Å². The van der Waals surface area contributed by atoms with Crippen molar-refractivity contribution in [1.82, 2.24) is 0 Å². The summed E-state index contributed by atoms with van der Waals surface area (Å²) in [4.78, 5) is 33.8. The van der Waals surface area contributed by atoms with Gasteiger partial charge in [0.1, 0.15) is 17.3 Å². The first kappa shape index (κ1) is 11.1. The highest BCUT2D eigenvalue weighted by molar-refractivity contribution is 6.04. The molecule has 0 aromatic rings. The molecular formula is C11H16O3. The average molecular weight is 196 g/mol. The van der Waals surface area contributed by atoms with Gasteiger partial charge in [0, 0.05) is 25.7 Å². The van der Waals surface area contributed by atoms with E-state index < -0.39 is 5.92 Å². The van der Waals surface area contributed by atoms with E-state index in [-0.39, 0.29) is 17.3 Å². The minimum atomic E-state index is -0.473. The second-order valence-corrected chi connectivity index (χ2v) is 3.77. The molecule has 1 aliphatic carbocycles. The Morgan fingerprint density at radius 1 is 1.29 bits per heavy atom. The molecule has 0 radical (unpaired) electrons. The van der Waals surface area contributed by atoms with Crippen LogP contribution < -0.4 is 0 Å². The van der Waals surface area contributed by atoms with Gasteiger partial charge in [-0.15, -0.1) is 0 Å². The number of carbonyl (C=O) groups excluding carboxylic acids is 3. The molecule has 0 saturated heterocycles. The average Bonchev–Trinajstić information content (AvgIpc) is 2.16. The summed E-state index contributed by atoms with van der Waals surface area (Å²) in [5.41, 5.74) is 0. The molecule has 0 N–H and O–H groups in total. The summed E-state index contributed by atoms with van der Waals surface area (Å²) in [5, 5.41) is 0. The predicted molar refractivity (Wildman–Crippen MR) is 51.9 cm³/mol. The number of hydrogen-bond donors (Lipinski definition) is 0. The van der Waals surface area contributed by atoms with Crippen LogP contribution in [0.2, 0.25) is 0 Å². The minimum absolute atomic E-state index is 0.0325. The second kappa shape index (κ2) is 5.03. The van der Waals surface area contributed by atoms with Crippen molar-refractivity contribution in [2.45, 2.75) is 45.4 Å². The van der Waals surface area contributed by atoms with Crippen LogP contribution >= 0.6 is 0 Å². The molecule has 0 aromatic heterocycles. The number of hydrogen-bond acceptors (Lipinski definition) is 3. The second-order valence-electron chi connectivity index (χ2n) is 3.77. The zero-order chi connectivity index (χ0) is 10.6. The molecule has 14 heavy (non-hydrogen) atoms. The number of rotatable bonds is 4. The Hall–Kier alpha value is -0.990. The maximum absolute atomic E-state index is 11.4. The molecule has 0 heterocycles. The zero-order valence-corrected chi connectivity index (χ0v) is 8.54. The third-order valence-corrected chi connectivity index (χ3v) is 2.73. The third-order valence-electron chi connectivity index (χ3n) is 2.73. The molecule has 78 valence electrons. The standard InChI is InChI=1S/C11H16O3/c1-2-8(12)6-7-9-10(13)4-3-5-11(9)14/h9H,2-7H2,1H3. The first-order valence-corrected chi connectivity index (χ1v) is 5.22. The maximum atomic E-state index is 11.4. The molecule has 0 aromatic carbocycles. The van der Waals surface area contributed by atoms with Gasteiger partial charge in [-0.25, -0.2) is 0 Å². The first-order chi connectivity index (χ1) is 6.65. The number of ketones is 3. The molecule has 0 unspecified atom stereocenters. The van der Waals surface area contributed by atoms with Crippen LogP contribution in [0, 0.1) is 5.92 Å². The van der Waals surface area contributed by atoms with Crippen molar-refractivity contribution in [1.29, 1.82) is 0 Å². The van der Waals surface area contributed by atoms with Gasteiger partial charge in [0.05, 0.1) is 5.92 Å². The van der Waals surface area contributed by atoms with E-state index in [2.05, 4.69) is 0 Å². The highest BCUT2D eigenvalue weighted by Gasteiger charge is 2.29. The Morgan fingerprint density at radius 2 is 1.86 bits per heavy atom. The fourth-order valence-corrected chi connectivity index (χ4v) is 1.77. The molecule has 1 fully saturated rings. The van der Waals surface area contributed by atoms with Crippen molar-refractivity contribution < 1.29 is 14.4 Å². The van der Waals surface area contributed by atoms with Crippen molar-refractivity contribution in [3.8, 4) is 0 Å². The Kier molecular flexibility index (Phi) is 3.98. The minimum Gasteiger partial charge on any atom is -0.300 e. The van der Waals surface area contributed by atoms with E-state index in [1.165, 1.54) is 0 Å². The fraction of sp³-hybridized carbons (Fsp3) is 0.727. The lowest BCUT2D eigenvalue weighted by Crippen LogP contribution is -2.28. The van der Waals surface area contributed by atoms with Crippen LogP contribution in [0.1, 0.15) is 45.4 Å². The lowest BCUT2D eigenvalue weighted by Gasteiger charge is -2.18. The molecule has 0 atom stereocenters. The Balaban J connectivity index is 2.44. The van der Waals surface area contributed by atoms with Crippen LogP contribution in [0.4, 0.5) is 0 Å². The highest BCUT2D eigenvalue weighted by atomic mass is 16.2. The lowest BCUT2D eigenvalue weighted by atomic mass is 9.83. The van der Waals surface area contributed by atoms with Crippen LogP contribution in [0.3, 0.4) is 0 Å². The van der Waals surface area contributed by atoms with E-state index >= 15 is 0 Å². The van der Waals surface area contributed by atoms with Crippen LogP contribution in [-0.4, -0.2) is 17.3 Å². The van der Waals surface area contributed by atoms with Gasteiger partial charge < -0.3 is 0 Å². The van der Waals surface area contributed by atoms with Gasteiger partial charge >= 0.3 is 0 Å². The summed E-state index contributed by atoms with van der Waals surface area (Å²) >= 11 is 0. The van der Waals surface area contributed by atoms with E-state index in [0.717, 1.165) is 0 Å². The van der Waals surface area contributed by atoms with Gasteiger partial charge in [-0.05, 0) is 12.8 Å². The summed E-state index contributed by atoms with van der Waals surface area (Å²) < 4.78 is 0. The Labute approximate surface area is 83.9 Å². The number of Topliss-reactive ketones (excluding diaryl/α,β-unsaturated/α-hetero) is 3. The van der Waals surface area contributed by atoms with Crippen LogP contribution in [0.5, 0.6) is 0 Å². The molecular weight excluding hydrogens is 180 g/mol. The van der Waals surface area contributed by atoms with Crippen molar-refractivity contribution >= 4 is 17.3 Å². The molecule has 0 bridgehead atoms. The van der Waals surface area contributed by atoms with Crippen molar-refractivity contribution in [3.05, 3.63) is 0 Å². The molecule has 3 nitrogen and oxygen atoms in total. The molecule has 0 aliphatic heterocycles. The van der Waals surface area contributed by atoms with Gasteiger partial charge in [0.2, 0.25) is 0 Å². The van der Waals surface area contributed by atoms with Gasteiger partial charge in [-0.3, -0.25) is 14.4 Å².